The topological polar surface area (TPSA) is 63.1 Å². The van der Waals surface area contributed by atoms with Gasteiger partial charge in [0.05, 0.1) is 18.9 Å². The molecule has 0 amide bonds. The molecule has 0 fully saturated rings. The number of fused-ring (bicyclic) bond motifs is 2. The zero-order valence-electron chi connectivity index (χ0n) is 19.8. The van der Waals surface area contributed by atoms with Crippen LogP contribution >= 0.6 is 11.6 Å². The smallest absolute Gasteiger partial charge is 0.216 e. The van der Waals surface area contributed by atoms with Crippen LogP contribution in [0.4, 0.5) is 0 Å². The summed E-state index contributed by atoms with van der Waals surface area (Å²) in [4.78, 5) is 15.9. The lowest BCUT2D eigenvalue weighted by atomic mass is 9.80. The number of carbonyl (C=O) groups is 1. The number of rotatable bonds is 7. The van der Waals surface area contributed by atoms with Crippen LogP contribution in [0.25, 0.3) is 22.0 Å². The number of aromatic amines is 1. The third-order valence-corrected chi connectivity index (χ3v) is 7.06. The van der Waals surface area contributed by atoms with Gasteiger partial charge in [0.15, 0.2) is 5.78 Å². The van der Waals surface area contributed by atoms with E-state index in [2.05, 4.69) is 52.0 Å². The summed E-state index contributed by atoms with van der Waals surface area (Å²) in [6.45, 7) is 1.68. The van der Waals surface area contributed by atoms with Gasteiger partial charge in [-0.2, -0.15) is 5.10 Å². The number of H-pyrrole nitrogens is 1. The van der Waals surface area contributed by atoms with Gasteiger partial charge >= 0.3 is 0 Å². The quantitative estimate of drug-likeness (QED) is 0.370. The fourth-order valence-electron chi connectivity index (χ4n) is 4.95. The number of halogens is 1. The highest BCUT2D eigenvalue weighted by Crippen LogP contribution is 2.35. The molecule has 1 atom stereocenters. The van der Waals surface area contributed by atoms with Crippen LogP contribution in [-0.4, -0.2) is 53.2 Å². The molecule has 0 bridgehead atoms. The number of aromatic nitrogens is 3. The average molecular weight is 477 g/mol. The van der Waals surface area contributed by atoms with Crippen molar-refractivity contribution in [2.24, 2.45) is 5.92 Å². The second-order valence-electron chi connectivity index (χ2n) is 9.31. The van der Waals surface area contributed by atoms with Gasteiger partial charge in [0.25, 0.3) is 0 Å². The highest BCUT2D eigenvalue weighted by molar-refractivity contribution is 6.30. The maximum Gasteiger partial charge on any atom is 0.216 e. The predicted octanol–water partition coefficient (Wildman–Crippen LogP) is 5.24. The van der Waals surface area contributed by atoms with Crippen LogP contribution in [0, 0.1) is 5.92 Å². The van der Waals surface area contributed by atoms with Gasteiger partial charge in [-0.3, -0.25) is 4.79 Å². The van der Waals surface area contributed by atoms with Crippen molar-refractivity contribution in [1.29, 1.82) is 0 Å². The molecule has 1 aliphatic rings. The van der Waals surface area contributed by atoms with E-state index in [4.69, 9.17) is 16.3 Å². The molecule has 6 nitrogen and oxygen atoms in total. The van der Waals surface area contributed by atoms with Crippen molar-refractivity contribution in [1.82, 2.24) is 19.7 Å². The maximum atomic E-state index is 13.8. The van der Waals surface area contributed by atoms with Gasteiger partial charge in [0, 0.05) is 46.7 Å². The number of methoxy groups -OCH3 is 1. The van der Waals surface area contributed by atoms with E-state index in [9.17, 15) is 4.79 Å². The summed E-state index contributed by atoms with van der Waals surface area (Å²) in [5.74, 6) is 0.807. The first-order valence-electron chi connectivity index (χ1n) is 11.6. The Morgan fingerprint density at radius 1 is 1.24 bits per heavy atom. The largest absolute Gasteiger partial charge is 0.481 e. The van der Waals surface area contributed by atoms with Crippen LogP contribution in [0.15, 0.2) is 48.8 Å². The predicted molar refractivity (Wildman–Crippen MR) is 136 cm³/mol. The molecule has 7 heteroatoms. The van der Waals surface area contributed by atoms with E-state index in [1.807, 2.05) is 24.4 Å². The zero-order chi connectivity index (χ0) is 23.8. The Hall–Kier alpha value is -3.09. The van der Waals surface area contributed by atoms with Crippen molar-refractivity contribution in [3.05, 3.63) is 70.5 Å². The molecule has 5 rings (SSSR count). The summed E-state index contributed by atoms with van der Waals surface area (Å²) in [6, 6.07) is 12.3. The molecule has 0 spiro atoms. The third kappa shape index (κ3) is 4.24. The zero-order valence-corrected chi connectivity index (χ0v) is 20.5. The molecule has 0 radical (unpaired) electrons. The van der Waals surface area contributed by atoms with E-state index < -0.39 is 0 Å². The minimum atomic E-state index is -0.0347. The number of ketones is 1. The average Bonchev–Trinajstić information content (AvgIpc) is 3.46. The van der Waals surface area contributed by atoms with Crippen molar-refractivity contribution < 1.29 is 9.53 Å². The van der Waals surface area contributed by atoms with Crippen molar-refractivity contribution in [2.45, 2.75) is 25.8 Å². The first-order chi connectivity index (χ1) is 16.4. The summed E-state index contributed by atoms with van der Waals surface area (Å²) in [5, 5.41) is 8.73. The van der Waals surface area contributed by atoms with E-state index in [1.54, 1.807) is 13.3 Å². The van der Waals surface area contributed by atoms with Crippen molar-refractivity contribution in [3.63, 3.8) is 0 Å². The number of likely N-dealkylation sites (N-methyl/N-ethyl adjacent to an activating group) is 1. The van der Waals surface area contributed by atoms with Crippen LogP contribution in [0.5, 0.6) is 5.88 Å². The lowest BCUT2D eigenvalue weighted by molar-refractivity contribution is 0.0910. The SMILES string of the molecule is COc1[nH]ncc1-c1ccc2c(C(=O)C3CCc4ccc(Cl)cc4C3)cn(CCN(C)C)c2c1. The molecule has 1 unspecified atom stereocenters. The second-order valence-corrected chi connectivity index (χ2v) is 9.74. The van der Waals surface area contributed by atoms with E-state index >= 15 is 0 Å². The van der Waals surface area contributed by atoms with Crippen LogP contribution in [-0.2, 0) is 19.4 Å². The first kappa shape index (κ1) is 22.7. The summed E-state index contributed by atoms with van der Waals surface area (Å²) in [7, 11) is 5.75. The standard InChI is InChI=1S/C27H29ClN4O2/c1-31(2)10-11-32-16-24(26(33)19-5-4-17-6-8-21(28)13-20(17)12-19)22-9-7-18(14-25(22)32)23-15-29-30-27(23)34-3/h6-9,13-16,19H,4-5,10-12H2,1-3H3,(H,29,30). The third-order valence-electron chi connectivity index (χ3n) is 6.82. The number of Topliss-reactive ketones (excluding diaryl/α,β-unsaturated/α-hetero) is 1. The number of nitrogens with zero attached hydrogens (tertiary/aromatic N) is 3. The highest BCUT2D eigenvalue weighted by atomic mass is 35.5. The Bertz CT molecular complexity index is 1350. The maximum absolute atomic E-state index is 13.8. The number of carbonyl (C=O) groups excluding carboxylic acids is 1. The van der Waals surface area contributed by atoms with Gasteiger partial charge in [-0.1, -0.05) is 29.8 Å². The van der Waals surface area contributed by atoms with Gasteiger partial charge in [-0.15, -0.1) is 0 Å². The Kier molecular flexibility index (Phi) is 6.19. The Morgan fingerprint density at radius 2 is 2.09 bits per heavy atom. The van der Waals surface area contributed by atoms with Crippen molar-refractivity contribution in [3.8, 4) is 17.0 Å². The Balaban J connectivity index is 1.53. The molecule has 2 heterocycles. The number of benzene rings is 2. The summed E-state index contributed by atoms with van der Waals surface area (Å²) in [6.07, 6.45) is 6.32. The number of aryl methyl sites for hydroxylation is 1. The van der Waals surface area contributed by atoms with Crippen molar-refractivity contribution in [2.75, 3.05) is 27.7 Å². The fourth-order valence-corrected chi connectivity index (χ4v) is 5.15. The van der Waals surface area contributed by atoms with Crippen LogP contribution in [0.1, 0.15) is 27.9 Å². The molecule has 34 heavy (non-hydrogen) atoms. The number of hydrogen-bond donors (Lipinski definition) is 1. The lowest BCUT2D eigenvalue weighted by Gasteiger charge is -2.23. The number of ether oxygens (including phenoxy) is 1. The molecule has 0 saturated carbocycles. The highest BCUT2D eigenvalue weighted by Gasteiger charge is 2.28. The van der Waals surface area contributed by atoms with Crippen LogP contribution in [0.3, 0.4) is 0 Å². The molecule has 2 aromatic heterocycles. The summed E-state index contributed by atoms with van der Waals surface area (Å²) in [5.41, 5.74) is 6.25. The van der Waals surface area contributed by atoms with Gasteiger partial charge in [-0.05, 0) is 68.2 Å². The molecule has 0 saturated heterocycles. The molecular formula is C27H29ClN4O2. The molecule has 2 aromatic carbocycles. The van der Waals surface area contributed by atoms with Gasteiger partial charge in [-0.25, -0.2) is 5.10 Å². The van der Waals surface area contributed by atoms with Crippen LogP contribution in [0.2, 0.25) is 5.02 Å². The van der Waals surface area contributed by atoms with Crippen molar-refractivity contribution >= 4 is 28.3 Å². The normalized spacial score (nSPS) is 15.6. The Labute approximate surface area is 204 Å². The second kappa shape index (κ2) is 9.28. The fraction of sp³-hybridized carbons (Fsp3) is 0.333. The summed E-state index contributed by atoms with van der Waals surface area (Å²) < 4.78 is 7.63. The van der Waals surface area contributed by atoms with Gasteiger partial charge in [0.1, 0.15) is 0 Å². The minimum absolute atomic E-state index is 0.0347. The van der Waals surface area contributed by atoms with E-state index in [-0.39, 0.29) is 11.7 Å². The number of hydrogen-bond acceptors (Lipinski definition) is 4. The van der Waals surface area contributed by atoms with Gasteiger partial charge in [0.2, 0.25) is 5.88 Å². The monoisotopic (exact) mass is 476 g/mol. The van der Waals surface area contributed by atoms with Crippen LogP contribution < -0.4 is 4.74 Å². The molecule has 4 aromatic rings. The molecule has 1 N–H and O–H groups in total. The molecule has 0 aliphatic heterocycles. The first-order valence-corrected chi connectivity index (χ1v) is 12.0. The Morgan fingerprint density at radius 3 is 2.88 bits per heavy atom. The van der Waals surface area contributed by atoms with E-state index in [0.717, 1.165) is 65.0 Å². The summed E-state index contributed by atoms with van der Waals surface area (Å²) >= 11 is 6.23. The van der Waals surface area contributed by atoms with Gasteiger partial charge < -0.3 is 14.2 Å². The molecule has 1 aliphatic carbocycles. The van der Waals surface area contributed by atoms with E-state index in [0.29, 0.717) is 5.88 Å². The minimum Gasteiger partial charge on any atom is -0.481 e. The number of nitrogens with one attached hydrogen (secondary N) is 1. The molecule has 176 valence electrons. The molecular weight excluding hydrogens is 448 g/mol. The lowest BCUT2D eigenvalue weighted by Crippen LogP contribution is -2.23. The van der Waals surface area contributed by atoms with E-state index in [1.165, 1.54) is 11.1 Å².